The van der Waals surface area contributed by atoms with Gasteiger partial charge in [-0.1, -0.05) is 22.0 Å². The Morgan fingerprint density at radius 1 is 1.20 bits per heavy atom. The van der Waals surface area contributed by atoms with Crippen LogP contribution in [0.1, 0.15) is 26.4 Å². The number of aromatic nitrogens is 1. The zero-order valence-corrected chi connectivity index (χ0v) is 11.9. The van der Waals surface area contributed by atoms with Gasteiger partial charge in [0, 0.05) is 16.2 Å². The van der Waals surface area contributed by atoms with Gasteiger partial charge in [0.1, 0.15) is 0 Å². The number of halogens is 1. The lowest BCUT2D eigenvalue weighted by Gasteiger charge is -2.05. The number of carboxylic acid groups (broad SMARTS) is 1. The molecule has 0 unspecified atom stereocenters. The van der Waals surface area contributed by atoms with Crippen molar-refractivity contribution in [2.24, 2.45) is 0 Å². The van der Waals surface area contributed by atoms with Gasteiger partial charge >= 0.3 is 5.97 Å². The van der Waals surface area contributed by atoms with Crippen molar-refractivity contribution in [2.45, 2.75) is 6.54 Å². The molecule has 2 N–H and O–H groups in total. The van der Waals surface area contributed by atoms with Gasteiger partial charge in [0.15, 0.2) is 0 Å². The molecule has 1 amide bonds. The van der Waals surface area contributed by atoms with Crippen LogP contribution in [0.2, 0.25) is 0 Å². The Hall–Kier alpha value is -2.21. The summed E-state index contributed by atoms with van der Waals surface area (Å²) in [4.78, 5) is 26.8. The molecule has 0 saturated heterocycles. The first kappa shape index (κ1) is 14.2. The van der Waals surface area contributed by atoms with E-state index < -0.39 is 5.97 Å². The molecule has 1 aromatic carbocycles. The monoisotopic (exact) mass is 334 g/mol. The van der Waals surface area contributed by atoms with Gasteiger partial charge in [0.05, 0.1) is 17.8 Å². The summed E-state index contributed by atoms with van der Waals surface area (Å²) < 4.78 is 0.816. The number of amides is 1. The van der Waals surface area contributed by atoms with Gasteiger partial charge in [-0.2, -0.15) is 0 Å². The molecular weight excluding hydrogens is 324 g/mol. The molecule has 6 heteroatoms. The number of hydrogen-bond donors (Lipinski definition) is 2. The van der Waals surface area contributed by atoms with Gasteiger partial charge in [-0.05, 0) is 30.3 Å². The molecule has 0 aliphatic heterocycles. The summed E-state index contributed by atoms with van der Waals surface area (Å²) in [7, 11) is 0. The minimum Gasteiger partial charge on any atom is -0.478 e. The van der Waals surface area contributed by atoms with E-state index in [1.807, 2.05) is 6.07 Å². The molecule has 2 rings (SSSR count). The predicted molar refractivity (Wildman–Crippen MR) is 76.5 cm³/mol. The fraction of sp³-hybridized carbons (Fsp3) is 0.0714. The van der Waals surface area contributed by atoms with Crippen LogP contribution in [0.3, 0.4) is 0 Å². The highest BCUT2D eigenvalue weighted by Gasteiger charge is 2.08. The topological polar surface area (TPSA) is 79.3 Å². The fourth-order valence-electron chi connectivity index (χ4n) is 1.61. The number of hydrogen-bond acceptors (Lipinski definition) is 3. The third kappa shape index (κ3) is 3.64. The number of pyridine rings is 1. The van der Waals surface area contributed by atoms with Crippen molar-refractivity contribution >= 4 is 27.8 Å². The minimum absolute atomic E-state index is 0.145. The van der Waals surface area contributed by atoms with Crippen LogP contribution < -0.4 is 5.32 Å². The maximum absolute atomic E-state index is 11.9. The van der Waals surface area contributed by atoms with Crippen LogP contribution in [0.5, 0.6) is 0 Å². The van der Waals surface area contributed by atoms with E-state index in [1.54, 1.807) is 18.2 Å². The quantitative estimate of drug-likeness (QED) is 0.900. The lowest BCUT2D eigenvalue weighted by Crippen LogP contribution is -2.23. The predicted octanol–water partition coefficient (Wildman–Crippen LogP) is 2.47. The lowest BCUT2D eigenvalue weighted by atomic mass is 10.2. The van der Waals surface area contributed by atoms with Gasteiger partial charge in [0.25, 0.3) is 5.91 Å². The van der Waals surface area contributed by atoms with Gasteiger partial charge in [-0.3, -0.25) is 9.78 Å². The second-order valence-corrected chi connectivity index (χ2v) is 4.95. The average molecular weight is 335 g/mol. The molecule has 5 nitrogen and oxygen atoms in total. The first-order valence-electron chi connectivity index (χ1n) is 5.78. The number of aromatic carboxylic acids is 1. The molecule has 0 bridgehead atoms. The number of nitrogens with one attached hydrogen (secondary N) is 1. The van der Waals surface area contributed by atoms with Crippen LogP contribution in [0.4, 0.5) is 0 Å². The van der Waals surface area contributed by atoms with E-state index in [-0.39, 0.29) is 18.0 Å². The van der Waals surface area contributed by atoms with Crippen molar-refractivity contribution in [2.75, 3.05) is 0 Å². The molecule has 0 aliphatic carbocycles. The SMILES string of the molecule is O=C(O)c1ccnc(CNC(=O)c2cccc(Br)c2)c1. The molecule has 0 saturated carbocycles. The lowest BCUT2D eigenvalue weighted by molar-refractivity contribution is 0.0696. The standard InChI is InChI=1S/C14H11BrN2O3/c15-11-3-1-2-9(6-11)13(18)17-8-12-7-10(14(19)20)4-5-16-12/h1-7H,8H2,(H,17,18)(H,19,20). The Morgan fingerprint density at radius 2 is 2.00 bits per heavy atom. The first-order chi connectivity index (χ1) is 9.56. The van der Waals surface area contributed by atoms with E-state index in [1.165, 1.54) is 18.3 Å². The fourth-order valence-corrected chi connectivity index (χ4v) is 2.01. The maximum Gasteiger partial charge on any atom is 0.335 e. The Balaban J connectivity index is 2.03. The van der Waals surface area contributed by atoms with E-state index in [4.69, 9.17) is 5.11 Å². The van der Waals surface area contributed by atoms with E-state index in [9.17, 15) is 9.59 Å². The molecule has 20 heavy (non-hydrogen) atoms. The van der Waals surface area contributed by atoms with Crippen molar-refractivity contribution in [1.29, 1.82) is 0 Å². The highest BCUT2D eigenvalue weighted by Crippen LogP contribution is 2.11. The van der Waals surface area contributed by atoms with Crippen LogP contribution in [0.25, 0.3) is 0 Å². The number of nitrogens with zero attached hydrogens (tertiary/aromatic N) is 1. The molecule has 0 spiro atoms. The van der Waals surface area contributed by atoms with Crippen molar-refractivity contribution in [3.05, 3.63) is 63.9 Å². The van der Waals surface area contributed by atoms with E-state index in [2.05, 4.69) is 26.2 Å². The van der Waals surface area contributed by atoms with Crippen LogP contribution in [-0.2, 0) is 6.54 Å². The Kier molecular flexibility index (Phi) is 4.47. The third-order valence-corrected chi connectivity index (χ3v) is 3.07. The number of carboxylic acids is 1. The van der Waals surface area contributed by atoms with Crippen LogP contribution in [0, 0.1) is 0 Å². The molecule has 2 aromatic rings. The average Bonchev–Trinajstić information content (AvgIpc) is 2.45. The Labute approximate surface area is 123 Å². The summed E-state index contributed by atoms with van der Waals surface area (Å²) in [6.07, 6.45) is 1.41. The summed E-state index contributed by atoms with van der Waals surface area (Å²) in [5.41, 5.74) is 1.16. The zero-order chi connectivity index (χ0) is 14.5. The minimum atomic E-state index is -1.02. The molecule has 0 aliphatic rings. The maximum atomic E-state index is 11.9. The van der Waals surface area contributed by atoms with Gasteiger partial charge in [0.2, 0.25) is 0 Å². The van der Waals surface area contributed by atoms with Gasteiger partial charge < -0.3 is 10.4 Å². The summed E-state index contributed by atoms with van der Waals surface area (Å²) in [5.74, 6) is -1.26. The molecule has 0 radical (unpaired) electrons. The summed E-state index contributed by atoms with van der Waals surface area (Å²) in [5, 5.41) is 11.6. The zero-order valence-electron chi connectivity index (χ0n) is 10.3. The summed E-state index contributed by atoms with van der Waals surface area (Å²) in [6.45, 7) is 0.173. The molecule has 1 aromatic heterocycles. The molecular formula is C14H11BrN2O3. The summed E-state index contributed by atoms with van der Waals surface area (Å²) >= 11 is 3.29. The Morgan fingerprint density at radius 3 is 2.70 bits per heavy atom. The van der Waals surface area contributed by atoms with E-state index >= 15 is 0 Å². The molecule has 0 fully saturated rings. The normalized spacial score (nSPS) is 10.1. The van der Waals surface area contributed by atoms with E-state index in [0.29, 0.717) is 11.3 Å². The first-order valence-corrected chi connectivity index (χ1v) is 6.57. The second kappa shape index (κ2) is 6.29. The van der Waals surface area contributed by atoms with Gasteiger partial charge in [-0.25, -0.2) is 4.79 Å². The van der Waals surface area contributed by atoms with Crippen LogP contribution in [0.15, 0.2) is 47.1 Å². The van der Waals surface area contributed by atoms with Gasteiger partial charge in [-0.15, -0.1) is 0 Å². The highest BCUT2D eigenvalue weighted by molar-refractivity contribution is 9.10. The number of rotatable bonds is 4. The number of carbonyl (C=O) groups is 2. The molecule has 1 heterocycles. The van der Waals surface area contributed by atoms with Crippen LogP contribution >= 0.6 is 15.9 Å². The molecule has 102 valence electrons. The molecule has 0 atom stereocenters. The number of benzene rings is 1. The van der Waals surface area contributed by atoms with Crippen LogP contribution in [-0.4, -0.2) is 22.0 Å². The van der Waals surface area contributed by atoms with Crippen molar-refractivity contribution in [3.63, 3.8) is 0 Å². The smallest absolute Gasteiger partial charge is 0.335 e. The largest absolute Gasteiger partial charge is 0.478 e. The second-order valence-electron chi connectivity index (χ2n) is 4.03. The Bertz CT molecular complexity index is 658. The third-order valence-electron chi connectivity index (χ3n) is 2.58. The highest BCUT2D eigenvalue weighted by atomic mass is 79.9. The van der Waals surface area contributed by atoms with Crippen molar-refractivity contribution < 1.29 is 14.7 Å². The van der Waals surface area contributed by atoms with Crippen molar-refractivity contribution in [3.8, 4) is 0 Å². The summed E-state index contributed by atoms with van der Waals surface area (Å²) in [6, 6.07) is 9.83. The van der Waals surface area contributed by atoms with E-state index in [0.717, 1.165) is 4.47 Å². The van der Waals surface area contributed by atoms with Crippen molar-refractivity contribution in [1.82, 2.24) is 10.3 Å². The number of carbonyl (C=O) groups excluding carboxylic acids is 1.